The van der Waals surface area contributed by atoms with Crippen LogP contribution in [0, 0.1) is 5.82 Å². The van der Waals surface area contributed by atoms with Crippen molar-refractivity contribution < 1.29 is 9.18 Å². The molecule has 1 aromatic rings. The molecular weight excluding hydrogens is 269 g/mol. The summed E-state index contributed by atoms with van der Waals surface area (Å²) in [6.07, 6.45) is 6.70. The van der Waals surface area contributed by atoms with E-state index in [2.05, 4.69) is 17.2 Å². The van der Waals surface area contributed by atoms with Crippen molar-refractivity contribution in [3.63, 3.8) is 0 Å². The minimum atomic E-state index is -0.538. The first kappa shape index (κ1) is 15.7. The molecule has 4 nitrogen and oxygen atoms in total. The second-order valence-electron chi connectivity index (χ2n) is 5.46. The molecule has 1 amide bonds. The van der Waals surface area contributed by atoms with Crippen LogP contribution in [0.1, 0.15) is 56.3 Å². The van der Waals surface area contributed by atoms with Gasteiger partial charge in [0, 0.05) is 25.3 Å². The molecular formula is C16H24FN3O. The molecule has 5 heteroatoms. The average molecular weight is 293 g/mol. The van der Waals surface area contributed by atoms with Gasteiger partial charge in [-0.15, -0.1) is 0 Å². The lowest BCUT2D eigenvalue weighted by molar-refractivity contribution is 0.0673. The Kier molecular flexibility index (Phi) is 5.53. The van der Waals surface area contributed by atoms with Crippen LogP contribution in [0.4, 0.5) is 10.2 Å². The lowest BCUT2D eigenvalue weighted by atomic mass is 10.1. The van der Waals surface area contributed by atoms with Gasteiger partial charge >= 0.3 is 0 Å². The van der Waals surface area contributed by atoms with Crippen molar-refractivity contribution in [2.45, 2.75) is 52.0 Å². The number of nitrogens with zero attached hydrogens (tertiary/aromatic N) is 2. The van der Waals surface area contributed by atoms with Crippen LogP contribution in [0.5, 0.6) is 0 Å². The number of carbonyl (C=O) groups excluding carboxylic acids is 1. The Morgan fingerprint density at radius 3 is 2.95 bits per heavy atom. The number of pyridine rings is 1. The number of rotatable bonds is 4. The van der Waals surface area contributed by atoms with E-state index in [0.717, 1.165) is 38.6 Å². The molecule has 1 aliphatic heterocycles. The molecule has 1 unspecified atom stereocenters. The van der Waals surface area contributed by atoms with E-state index in [1.807, 2.05) is 11.8 Å². The van der Waals surface area contributed by atoms with E-state index in [1.54, 1.807) is 0 Å². The van der Waals surface area contributed by atoms with Gasteiger partial charge < -0.3 is 10.2 Å². The molecule has 0 aromatic carbocycles. The Morgan fingerprint density at radius 1 is 1.43 bits per heavy atom. The van der Waals surface area contributed by atoms with Crippen LogP contribution in [-0.4, -0.2) is 34.9 Å². The van der Waals surface area contributed by atoms with Crippen molar-refractivity contribution in [1.82, 2.24) is 9.88 Å². The summed E-state index contributed by atoms with van der Waals surface area (Å²) in [5.41, 5.74) is 0.126. The van der Waals surface area contributed by atoms with Crippen LogP contribution < -0.4 is 5.32 Å². The van der Waals surface area contributed by atoms with Gasteiger partial charge in [0.15, 0.2) is 11.6 Å². The molecule has 0 spiro atoms. The van der Waals surface area contributed by atoms with E-state index in [9.17, 15) is 9.18 Å². The fourth-order valence-corrected chi connectivity index (χ4v) is 2.92. The van der Waals surface area contributed by atoms with Crippen LogP contribution in [0.2, 0.25) is 0 Å². The standard InChI is InChI=1S/C16H24FN3O/c1-3-12-8-6-5-7-11-20(12)16(21)13-9-10-19-15(14(13)17)18-4-2/h9-10,12H,3-8,11H2,1-2H3,(H,18,19). The number of hydrogen-bond acceptors (Lipinski definition) is 3. The first-order valence-corrected chi connectivity index (χ1v) is 7.88. The third-order valence-corrected chi connectivity index (χ3v) is 4.07. The maximum Gasteiger partial charge on any atom is 0.257 e. The topological polar surface area (TPSA) is 45.2 Å². The summed E-state index contributed by atoms with van der Waals surface area (Å²) in [5, 5.41) is 2.85. The lowest BCUT2D eigenvalue weighted by Gasteiger charge is -2.29. The number of amides is 1. The van der Waals surface area contributed by atoms with Crippen LogP contribution in [0.15, 0.2) is 12.3 Å². The van der Waals surface area contributed by atoms with Crippen LogP contribution in [-0.2, 0) is 0 Å². The lowest BCUT2D eigenvalue weighted by Crippen LogP contribution is -2.40. The third kappa shape index (κ3) is 3.52. The highest BCUT2D eigenvalue weighted by molar-refractivity contribution is 5.95. The van der Waals surface area contributed by atoms with Crippen molar-refractivity contribution in [2.24, 2.45) is 0 Å². The van der Waals surface area contributed by atoms with E-state index in [4.69, 9.17) is 0 Å². The molecule has 0 saturated carbocycles. The molecule has 1 aliphatic rings. The van der Waals surface area contributed by atoms with E-state index < -0.39 is 5.82 Å². The summed E-state index contributed by atoms with van der Waals surface area (Å²) in [4.78, 5) is 18.5. The van der Waals surface area contributed by atoms with Crippen molar-refractivity contribution in [1.29, 1.82) is 0 Å². The smallest absolute Gasteiger partial charge is 0.257 e. The second-order valence-corrected chi connectivity index (χ2v) is 5.46. The average Bonchev–Trinajstić information content (AvgIpc) is 2.74. The molecule has 1 fully saturated rings. The monoisotopic (exact) mass is 293 g/mol. The molecule has 116 valence electrons. The minimum absolute atomic E-state index is 0.126. The van der Waals surface area contributed by atoms with Gasteiger partial charge in [-0.3, -0.25) is 4.79 Å². The van der Waals surface area contributed by atoms with Gasteiger partial charge in [0.2, 0.25) is 0 Å². The van der Waals surface area contributed by atoms with Crippen molar-refractivity contribution in [2.75, 3.05) is 18.4 Å². The fourth-order valence-electron chi connectivity index (χ4n) is 2.92. The van der Waals surface area contributed by atoms with Gasteiger partial charge in [-0.25, -0.2) is 9.37 Å². The van der Waals surface area contributed by atoms with E-state index in [-0.39, 0.29) is 23.3 Å². The number of nitrogens with one attached hydrogen (secondary N) is 1. The summed E-state index contributed by atoms with van der Waals surface area (Å²) in [6, 6.07) is 1.70. The number of carbonyl (C=O) groups is 1. The van der Waals surface area contributed by atoms with E-state index >= 15 is 0 Å². The summed E-state index contributed by atoms with van der Waals surface area (Å²) in [6.45, 7) is 5.25. The molecule has 2 rings (SSSR count). The number of hydrogen-bond donors (Lipinski definition) is 1. The molecule has 1 saturated heterocycles. The normalized spacial score (nSPS) is 19.2. The van der Waals surface area contributed by atoms with Crippen molar-refractivity contribution in [3.8, 4) is 0 Å². The van der Waals surface area contributed by atoms with Gasteiger partial charge in [0.25, 0.3) is 5.91 Å². The van der Waals surface area contributed by atoms with Gasteiger partial charge in [-0.2, -0.15) is 0 Å². The van der Waals surface area contributed by atoms with Crippen LogP contribution in [0.25, 0.3) is 0 Å². The first-order chi connectivity index (χ1) is 10.2. The van der Waals surface area contributed by atoms with E-state index in [1.165, 1.54) is 12.3 Å². The molecule has 1 N–H and O–H groups in total. The summed E-state index contributed by atoms with van der Waals surface area (Å²) in [7, 11) is 0. The number of anilines is 1. The third-order valence-electron chi connectivity index (χ3n) is 4.07. The van der Waals surface area contributed by atoms with Crippen molar-refractivity contribution >= 4 is 11.7 Å². The van der Waals surface area contributed by atoms with Crippen LogP contribution in [0.3, 0.4) is 0 Å². The number of halogens is 1. The minimum Gasteiger partial charge on any atom is -0.368 e. The highest BCUT2D eigenvalue weighted by atomic mass is 19.1. The number of aromatic nitrogens is 1. The highest BCUT2D eigenvalue weighted by Gasteiger charge is 2.27. The van der Waals surface area contributed by atoms with E-state index in [0.29, 0.717) is 6.54 Å². The molecule has 1 aromatic heterocycles. The SMILES string of the molecule is CCNc1nccc(C(=O)N2CCCCCC2CC)c1F. The Morgan fingerprint density at radius 2 is 2.24 bits per heavy atom. The largest absolute Gasteiger partial charge is 0.368 e. The Hall–Kier alpha value is -1.65. The van der Waals surface area contributed by atoms with Gasteiger partial charge in [-0.1, -0.05) is 19.8 Å². The molecule has 21 heavy (non-hydrogen) atoms. The predicted octanol–water partition coefficient (Wildman–Crippen LogP) is 3.45. The summed E-state index contributed by atoms with van der Waals surface area (Å²) in [5.74, 6) is -0.586. The Labute approximate surface area is 125 Å². The highest BCUT2D eigenvalue weighted by Crippen LogP contribution is 2.23. The van der Waals surface area contributed by atoms with Crippen LogP contribution >= 0.6 is 0 Å². The number of likely N-dealkylation sites (tertiary alicyclic amines) is 1. The Bertz CT molecular complexity index is 492. The predicted molar refractivity (Wildman–Crippen MR) is 81.9 cm³/mol. The Balaban J connectivity index is 2.27. The molecule has 0 aliphatic carbocycles. The molecule has 1 atom stereocenters. The maximum absolute atomic E-state index is 14.4. The van der Waals surface area contributed by atoms with Crippen molar-refractivity contribution in [3.05, 3.63) is 23.6 Å². The molecule has 0 bridgehead atoms. The first-order valence-electron chi connectivity index (χ1n) is 7.88. The quantitative estimate of drug-likeness (QED) is 0.925. The molecule has 2 heterocycles. The summed E-state index contributed by atoms with van der Waals surface area (Å²) < 4.78 is 14.4. The zero-order valence-corrected chi connectivity index (χ0v) is 12.9. The fraction of sp³-hybridized carbons (Fsp3) is 0.625. The zero-order chi connectivity index (χ0) is 15.2. The maximum atomic E-state index is 14.4. The summed E-state index contributed by atoms with van der Waals surface area (Å²) >= 11 is 0. The second kappa shape index (κ2) is 7.38. The van der Waals surface area contributed by atoms with Gasteiger partial charge in [0.05, 0.1) is 5.56 Å². The zero-order valence-electron chi connectivity index (χ0n) is 12.9. The van der Waals surface area contributed by atoms with Gasteiger partial charge in [-0.05, 0) is 32.3 Å². The van der Waals surface area contributed by atoms with Gasteiger partial charge in [0.1, 0.15) is 0 Å². The molecule has 0 radical (unpaired) electrons.